The summed E-state index contributed by atoms with van der Waals surface area (Å²) in [6.45, 7) is 6.65. The highest BCUT2D eigenvalue weighted by atomic mass is 15.1. The van der Waals surface area contributed by atoms with Crippen LogP contribution in [0.4, 0.5) is 0 Å². The van der Waals surface area contributed by atoms with Gasteiger partial charge in [0.05, 0.1) is 6.04 Å². The van der Waals surface area contributed by atoms with Gasteiger partial charge in [-0.05, 0) is 38.5 Å². The first kappa shape index (κ1) is 11.3. The molecule has 3 nitrogen and oxygen atoms in total. The molecule has 0 aromatic heterocycles. The zero-order valence-electron chi connectivity index (χ0n) is 9.59. The molecule has 0 saturated heterocycles. The van der Waals surface area contributed by atoms with Gasteiger partial charge in [0.1, 0.15) is 0 Å². The van der Waals surface area contributed by atoms with Gasteiger partial charge in [-0.25, -0.2) is 0 Å². The van der Waals surface area contributed by atoms with Crippen molar-refractivity contribution in [1.82, 2.24) is 5.32 Å². The summed E-state index contributed by atoms with van der Waals surface area (Å²) in [6.07, 6.45) is 4.83. The van der Waals surface area contributed by atoms with Crippen LogP contribution in [0.3, 0.4) is 0 Å². The summed E-state index contributed by atoms with van der Waals surface area (Å²) >= 11 is 0. The Morgan fingerprint density at radius 3 is 2.50 bits per heavy atom. The van der Waals surface area contributed by atoms with Gasteiger partial charge in [0, 0.05) is 6.04 Å². The Labute approximate surface area is 87.2 Å². The lowest BCUT2D eigenvalue weighted by Gasteiger charge is -2.15. The number of nitrogens with zero attached hydrogens (tertiary/aromatic N) is 1. The van der Waals surface area contributed by atoms with Crippen molar-refractivity contribution in [3.63, 3.8) is 0 Å². The summed E-state index contributed by atoms with van der Waals surface area (Å²) < 4.78 is 0. The van der Waals surface area contributed by atoms with Crippen LogP contribution in [0.1, 0.15) is 46.5 Å². The van der Waals surface area contributed by atoms with E-state index in [-0.39, 0.29) is 0 Å². The fourth-order valence-electron chi connectivity index (χ4n) is 1.35. The molecule has 1 aliphatic carbocycles. The molecule has 3 N–H and O–H groups in total. The molecule has 1 rings (SSSR count). The van der Waals surface area contributed by atoms with Crippen molar-refractivity contribution in [2.75, 3.05) is 0 Å². The molecular formula is C11H23N3. The van der Waals surface area contributed by atoms with Crippen molar-refractivity contribution in [1.29, 1.82) is 0 Å². The van der Waals surface area contributed by atoms with Crippen molar-refractivity contribution in [2.24, 2.45) is 16.6 Å². The maximum Gasteiger partial charge on any atom is 0.189 e. The van der Waals surface area contributed by atoms with Crippen LogP contribution in [0, 0.1) is 5.92 Å². The molecular weight excluding hydrogens is 174 g/mol. The minimum absolute atomic E-state index is 0.444. The SMILES string of the molecule is CC(C)CCC(C)NC(N)=NC1CC1. The molecule has 1 atom stereocenters. The van der Waals surface area contributed by atoms with Gasteiger partial charge in [-0.2, -0.15) is 0 Å². The van der Waals surface area contributed by atoms with Crippen LogP contribution in [0.5, 0.6) is 0 Å². The highest BCUT2D eigenvalue weighted by molar-refractivity contribution is 5.78. The van der Waals surface area contributed by atoms with E-state index >= 15 is 0 Å². The molecule has 1 fully saturated rings. The van der Waals surface area contributed by atoms with Crippen LogP contribution in [0.25, 0.3) is 0 Å². The molecule has 0 aliphatic heterocycles. The van der Waals surface area contributed by atoms with E-state index in [1.54, 1.807) is 0 Å². The van der Waals surface area contributed by atoms with E-state index in [2.05, 4.69) is 31.1 Å². The van der Waals surface area contributed by atoms with E-state index in [1.165, 1.54) is 25.7 Å². The second-order valence-electron chi connectivity index (χ2n) is 4.76. The van der Waals surface area contributed by atoms with E-state index in [0.717, 1.165) is 5.92 Å². The second-order valence-corrected chi connectivity index (χ2v) is 4.76. The normalized spacial score (nSPS) is 19.9. The average molecular weight is 197 g/mol. The quantitative estimate of drug-likeness (QED) is 0.522. The summed E-state index contributed by atoms with van der Waals surface area (Å²) in [7, 11) is 0. The van der Waals surface area contributed by atoms with E-state index in [4.69, 9.17) is 5.73 Å². The Kier molecular flexibility index (Phi) is 4.23. The number of nitrogens with two attached hydrogens (primary N) is 1. The minimum atomic E-state index is 0.444. The topological polar surface area (TPSA) is 50.4 Å². The monoisotopic (exact) mass is 197 g/mol. The fourth-order valence-corrected chi connectivity index (χ4v) is 1.35. The third kappa shape index (κ3) is 5.10. The van der Waals surface area contributed by atoms with E-state index < -0.39 is 0 Å². The van der Waals surface area contributed by atoms with Crippen LogP contribution in [0.15, 0.2) is 4.99 Å². The van der Waals surface area contributed by atoms with Crippen LogP contribution in [-0.2, 0) is 0 Å². The maximum absolute atomic E-state index is 5.76. The molecule has 0 amide bonds. The Bertz CT molecular complexity index is 195. The highest BCUT2D eigenvalue weighted by Gasteiger charge is 2.20. The molecule has 0 spiro atoms. The zero-order chi connectivity index (χ0) is 10.6. The first-order chi connectivity index (χ1) is 6.58. The van der Waals surface area contributed by atoms with Gasteiger partial charge in [0.2, 0.25) is 0 Å². The smallest absolute Gasteiger partial charge is 0.189 e. The molecule has 3 heteroatoms. The predicted octanol–water partition coefficient (Wildman–Crippen LogP) is 1.88. The number of hydrogen-bond donors (Lipinski definition) is 2. The van der Waals surface area contributed by atoms with Crippen molar-refractivity contribution in [2.45, 2.75) is 58.5 Å². The third-order valence-corrected chi connectivity index (χ3v) is 2.44. The summed E-state index contributed by atoms with van der Waals surface area (Å²) in [5.74, 6) is 1.39. The van der Waals surface area contributed by atoms with Crippen LogP contribution < -0.4 is 11.1 Å². The Hall–Kier alpha value is -0.730. The van der Waals surface area contributed by atoms with Crippen molar-refractivity contribution in [3.05, 3.63) is 0 Å². The van der Waals surface area contributed by atoms with Gasteiger partial charge < -0.3 is 11.1 Å². The Morgan fingerprint density at radius 2 is 2.00 bits per heavy atom. The van der Waals surface area contributed by atoms with E-state index in [0.29, 0.717) is 18.0 Å². The third-order valence-electron chi connectivity index (χ3n) is 2.44. The van der Waals surface area contributed by atoms with E-state index in [1.807, 2.05) is 0 Å². The van der Waals surface area contributed by atoms with E-state index in [9.17, 15) is 0 Å². The highest BCUT2D eigenvalue weighted by Crippen LogP contribution is 2.22. The van der Waals surface area contributed by atoms with Gasteiger partial charge in [-0.3, -0.25) is 4.99 Å². The first-order valence-electron chi connectivity index (χ1n) is 5.67. The molecule has 0 aromatic carbocycles. The average Bonchev–Trinajstić information content (AvgIpc) is 2.84. The number of hydrogen-bond acceptors (Lipinski definition) is 1. The van der Waals surface area contributed by atoms with Gasteiger partial charge in [0.25, 0.3) is 0 Å². The van der Waals surface area contributed by atoms with Gasteiger partial charge in [-0.15, -0.1) is 0 Å². The molecule has 0 aromatic rings. The van der Waals surface area contributed by atoms with Gasteiger partial charge in [0.15, 0.2) is 5.96 Å². The Morgan fingerprint density at radius 1 is 1.36 bits per heavy atom. The standard InChI is InChI=1S/C11H23N3/c1-8(2)4-5-9(3)13-11(12)14-10-6-7-10/h8-10H,4-7H2,1-3H3,(H3,12,13,14). The van der Waals surface area contributed by atoms with Crippen LogP contribution in [0.2, 0.25) is 0 Å². The summed E-state index contributed by atoms with van der Waals surface area (Å²) in [6, 6.07) is 0.958. The Balaban J connectivity index is 2.14. The number of aliphatic imine (C=N–C) groups is 1. The molecule has 1 unspecified atom stereocenters. The lowest BCUT2D eigenvalue weighted by atomic mass is 10.0. The molecule has 82 valence electrons. The van der Waals surface area contributed by atoms with Crippen molar-refractivity contribution >= 4 is 5.96 Å². The van der Waals surface area contributed by atoms with Crippen LogP contribution in [-0.4, -0.2) is 18.0 Å². The van der Waals surface area contributed by atoms with Gasteiger partial charge >= 0.3 is 0 Å². The summed E-state index contributed by atoms with van der Waals surface area (Å²) in [4.78, 5) is 4.34. The molecule has 1 aliphatic rings. The molecule has 1 saturated carbocycles. The van der Waals surface area contributed by atoms with Crippen molar-refractivity contribution in [3.8, 4) is 0 Å². The molecule has 14 heavy (non-hydrogen) atoms. The molecule has 0 heterocycles. The largest absolute Gasteiger partial charge is 0.370 e. The fraction of sp³-hybridized carbons (Fsp3) is 0.909. The predicted molar refractivity (Wildman–Crippen MR) is 61.3 cm³/mol. The zero-order valence-corrected chi connectivity index (χ0v) is 9.59. The minimum Gasteiger partial charge on any atom is -0.370 e. The first-order valence-corrected chi connectivity index (χ1v) is 5.67. The number of rotatable bonds is 5. The molecule has 0 bridgehead atoms. The lowest BCUT2D eigenvalue weighted by molar-refractivity contribution is 0.491. The number of nitrogens with one attached hydrogen (secondary N) is 1. The summed E-state index contributed by atoms with van der Waals surface area (Å²) in [5.41, 5.74) is 5.76. The lowest BCUT2D eigenvalue weighted by Crippen LogP contribution is -2.38. The maximum atomic E-state index is 5.76. The molecule has 0 radical (unpaired) electrons. The van der Waals surface area contributed by atoms with Crippen LogP contribution >= 0.6 is 0 Å². The number of guanidine groups is 1. The summed E-state index contributed by atoms with van der Waals surface area (Å²) in [5, 5.41) is 3.23. The second kappa shape index (κ2) is 5.23. The van der Waals surface area contributed by atoms with Crippen molar-refractivity contribution < 1.29 is 0 Å². The van der Waals surface area contributed by atoms with Gasteiger partial charge in [-0.1, -0.05) is 13.8 Å².